The molecule has 2 heteroatoms. The third kappa shape index (κ3) is 2.68. The van der Waals surface area contributed by atoms with Gasteiger partial charge in [0.25, 0.3) is 0 Å². The number of hydrogen-bond donors (Lipinski definition) is 0. The van der Waals surface area contributed by atoms with Crippen molar-refractivity contribution in [2.24, 2.45) is 0 Å². The molecule has 1 aliphatic rings. The zero-order valence-electron chi connectivity index (χ0n) is 7.68. The maximum atomic E-state index is 2.56. The van der Waals surface area contributed by atoms with Gasteiger partial charge in [-0.1, -0.05) is 31.7 Å². The summed E-state index contributed by atoms with van der Waals surface area (Å²) in [6.45, 7) is 3.53. The number of rotatable bonds is 4. The van der Waals surface area contributed by atoms with Crippen molar-refractivity contribution in [3.05, 3.63) is 0 Å². The second-order valence-corrected chi connectivity index (χ2v) is 4.10. The third-order valence-electron chi connectivity index (χ3n) is 2.41. The molecule has 0 aromatic heterocycles. The second kappa shape index (κ2) is 5.04. The highest BCUT2D eigenvalue weighted by molar-refractivity contribution is 7.96. The third-order valence-corrected chi connectivity index (χ3v) is 3.36. The lowest BCUT2D eigenvalue weighted by molar-refractivity contribution is 0.358. The van der Waals surface area contributed by atoms with Crippen LogP contribution in [0.15, 0.2) is 0 Å². The Morgan fingerprint density at radius 3 is 2.45 bits per heavy atom. The normalized spacial score (nSPS) is 19.9. The molecule has 0 aromatic rings. The first-order valence-corrected chi connectivity index (χ1v) is 5.87. The molecule has 1 rings (SSSR count). The lowest BCUT2D eigenvalue weighted by atomic mass is 10.2. The summed E-state index contributed by atoms with van der Waals surface area (Å²) in [5.74, 6) is 0. The van der Waals surface area contributed by atoms with E-state index in [1.165, 1.54) is 38.6 Å². The molecule has 0 saturated heterocycles. The predicted octanol–water partition coefficient (Wildman–Crippen LogP) is 2.92. The molecular formula is C9H19NS. The van der Waals surface area contributed by atoms with Crippen LogP contribution in [0.25, 0.3) is 0 Å². The minimum Gasteiger partial charge on any atom is -0.248 e. The molecule has 0 heterocycles. The first-order chi connectivity index (χ1) is 5.38. The molecule has 0 spiro atoms. The Morgan fingerprint density at radius 2 is 2.00 bits per heavy atom. The number of nitrogens with zero attached hydrogens (tertiary/aromatic N) is 1. The molecule has 0 bridgehead atoms. The Balaban J connectivity index is 2.27. The fraction of sp³-hybridized carbons (Fsp3) is 1.00. The van der Waals surface area contributed by atoms with E-state index in [4.69, 9.17) is 0 Å². The maximum absolute atomic E-state index is 2.56. The van der Waals surface area contributed by atoms with Crippen LogP contribution in [-0.2, 0) is 0 Å². The van der Waals surface area contributed by atoms with Gasteiger partial charge in [-0.3, -0.25) is 0 Å². The van der Waals surface area contributed by atoms with E-state index in [1.807, 2.05) is 11.9 Å². The average molecular weight is 173 g/mol. The first-order valence-electron chi connectivity index (χ1n) is 4.69. The fourth-order valence-electron chi connectivity index (χ4n) is 1.84. The van der Waals surface area contributed by atoms with Gasteiger partial charge in [-0.05, 0) is 25.5 Å². The molecule has 0 aromatic carbocycles. The van der Waals surface area contributed by atoms with Gasteiger partial charge in [-0.25, -0.2) is 4.31 Å². The first kappa shape index (κ1) is 9.40. The molecule has 11 heavy (non-hydrogen) atoms. The summed E-state index contributed by atoms with van der Waals surface area (Å²) >= 11 is 1.93. The summed E-state index contributed by atoms with van der Waals surface area (Å²) < 4.78 is 2.56. The monoisotopic (exact) mass is 173 g/mol. The van der Waals surface area contributed by atoms with Gasteiger partial charge in [0.05, 0.1) is 0 Å². The van der Waals surface area contributed by atoms with Crippen molar-refractivity contribution in [3.63, 3.8) is 0 Å². The Morgan fingerprint density at radius 1 is 1.36 bits per heavy atom. The van der Waals surface area contributed by atoms with Crippen LogP contribution in [0.2, 0.25) is 0 Å². The van der Waals surface area contributed by atoms with Crippen molar-refractivity contribution < 1.29 is 0 Å². The zero-order chi connectivity index (χ0) is 8.10. The molecule has 0 aliphatic heterocycles. The standard InChI is InChI=1S/C9H19NS/c1-3-8-10(11-2)9-6-4-5-7-9/h9H,3-8H2,1-2H3. The van der Waals surface area contributed by atoms with Crippen LogP contribution in [-0.4, -0.2) is 23.1 Å². The van der Waals surface area contributed by atoms with E-state index < -0.39 is 0 Å². The van der Waals surface area contributed by atoms with Crippen LogP contribution in [0.3, 0.4) is 0 Å². The molecule has 0 atom stereocenters. The molecule has 0 unspecified atom stereocenters. The Hall–Kier alpha value is 0.310. The van der Waals surface area contributed by atoms with Crippen LogP contribution < -0.4 is 0 Å². The number of hydrogen-bond acceptors (Lipinski definition) is 2. The van der Waals surface area contributed by atoms with E-state index in [1.54, 1.807) is 0 Å². The van der Waals surface area contributed by atoms with Gasteiger partial charge < -0.3 is 0 Å². The van der Waals surface area contributed by atoms with Crippen molar-refractivity contribution in [3.8, 4) is 0 Å². The summed E-state index contributed by atoms with van der Waals surface area (Å²) in [4.78, 5) is 0. The minimum absolute atomic E-state index is 0.893. The van der Waals surface area contributed by atoms with E-state index in [0.29, 0.717) is 0 Å². The molecule has 0 radical (unpaired) electrons. The fourth-order valence-corrected chi connectivity index (χ4v) is 2.71. The van der Waals surface area contributed by atoms with Crippen LogP contribution >= 0.6 is 11.9 Å². The van der Waals surface area contributed by atoms with Gasteiger partial charge in [0, 0.05) is 12.6 Å². The van der Waals surface area contributed by atoms with Gasteiger partial charge in [-0.15, -0.1) is 0 Å². The summed E-state index contributed by atoms with van der Waals surface area (Å²) in [6.07, 6.45) is 9.25. The molecule has 1 fully saturated rings. The van der Waals surface area contributed by atoms with Gasteiger partial charge in [0.15, 0.2) is 0 Å². The lowest BCUT2D eigenvalue weighted by Crippen LogP contribution is -2.27. The SMILES string of the molecule is CCCN(SC)C1CCCC1. The van der Waals surface area contributed by atoms with Crippen LogP contribution in [0, 0.1) is 0 Å². The second-order valence-electron chi connectivity index (χ2n) is 3.26. The zero-order valence-corrected chi connectivity index (χ0v) is 8.49. The molecule has 1 saturated carbocycles. The van der Waals surface area contributed by atoms with Gasteiger partial charge in [-0.2, -0.15) is 0 Å². The van der Waals surface area contributed by atoms with Crippen molar-refractivity contribution in [1.82, 2.24) is 4.31 Å². The average Bonchev–Trinajstić information content (AvgIpc) is 2.52. The predicted molar refractivity (Wildman–Crippen MR) is 52.8 cm³/mol. The van der Waals surface area contributed by atoms with E-state index in [0.717, 1.165) is 6.04 Å². The van der Waals surface area contributed by atoms with E-state index in [-0.39, 0.29) is 0 Å². The molecule has 0 amide bonds. The van der Waals surface area contributed by atoms with E-state index in [9.17, 15) is 0 Å². The quantitative estimate of drug-likeness (QED) is 0.601. The van der Waals surface area contributed by atoms with E-state index >= 15 is 0 Å². The van der Waals surface area contributed by atoms with Crippen molar-refractivity contribution in [2.75, 3.05) is 12.8 Å². The molecule has 0 N–H and O–H groups in total. The Labute approximate surface area is 74.7 Å². The van der Waals surface area contributed by atoms with Gasteiger partial charge >= 0.3 is 0 Å². The summed E-state index contributed by atoms with van der Waals surface area (Å²) in [5, 5.41) is 0. The summed E-state index contributed by atoms with van der Waals surface area (Å²) in [5.41, 5.74) is 0. The molecular weight excluding hydrogens is 154 g/mol. The summed E-state index contributed by atoms with van der Waals surface area (Å²) in [6, 6.07) is 0.893. The van der Waals surface area contributed by atoms with Gasteiger partial charge in [0.1, 0.15) is 0 Å². The Bertz CT molecular complexity index is 99.7. The Kier molecular flexibility index (Phi) is 4.31. The lowest BCUT2D eigenvalue weighted by Gasteiger charge is -2.25. The van der Waals surface area contributed by atoms with Crippen LogP contribution in [0.5, 0.6) is 0 Å². The molecule has 1 aliphatic carbocycles. The highest BCUT2D eigenvalue weighted by Gasteiger charge is 2.20. The smallest absolute Gasteiger partial charge is 0.0202 e. The largest absolute Gasteiger partial charge is 0.248 e. The van der Waals surface area contributed by atoms with E-state index in [2.05, 4.69) is 17.5 Å². The minimum atomic E-state index is 0.893. The highest BCUT2D eigenvalue weighted by atomic mass is 32.2. The maximum Gasteiger partial charge on any atom is 0.0202 e. The van der Waals surface area contributed by atoms with Crippen LogP contribution in [0.1, 0.15) is 39.0 Å². The summed E-state index contributed by atoms with van der Waals surface area (Å²) in [7, 11) is 0. The van der Waals surface area contributed by atoms with Crippen LogP contribution in [0.4, 0.5) is 0 Å². The van der Waals surface area contributed by atoms with Gasteiger partial charge in [0.2, 0.25) is 0 Å². The topological polar surface area (TPSA) is 3.24 Å². The van der Waals surface area contributed by atoms with Crippen molar-refractivity contribution in [2.45, 2.75) is 45.1 Å². The van der Waals surface area contributed by atoms with Crippen molar-refractivity contribution >= 4 is 11.9 Å². The molecule has 66 valence electrons. The molecule has 1 nitrogen and oxygen atoms in total. The van der Waals surface area contributed by atoms with Crippen molar-refractivity contribution in [1.29, 1.82) is 0 Å². The highest BCUT2D eigenvalue weighted by Crippen LogP contribution is 2.27.